The topological polar surface area (TPSA) is 40.7 Å². The average Bonchev–Trinajstić information content (AvgIpc) is 2.71. The molecule has 1 atom stereocenters. The Kier molecular flexibility index (Phi) is 4.04. The molecule has 2 heterocycles. The molecule has 3 nitrogen and oxygen atoms in total. The van der Waals surface area contributed by atoms with Gasteiger partial charge in [0.05, 0.1) is 0 Å². The fraction of sp³-hybridized carbons (Fsp3) is 0.700. The van der Waals surface area contributed by atoms with Crippen molar-refractivity contribution in [2.24, 2.45) is 5.41 Å². The molecule has 1 aliphatic heterocycles. The Bertz CT molecular complexity index is 296. The maximum atomic E-state index is 4.04. The number of hydrogen-bond donors (Lipinski definition) is 2. The van der Waals surface area contributed by atoms with Gasteiger partial charge in [0.2, 0.25) is 0 Å². The predicted molar refractivity (Wildman–Crippen MR) is 65.0 cm³/mol. The van der Waals surface area contributed by atoms with E-state index < -0.39 is 0 Å². The third kappa shape index (κ3) is 1.88. The summed E-state index contributed by atoms with van der Waals surface area (Å²) in [6.07, 6.45) is 6.06. The molecule has 0 aromatic carbocycles. The lowest BCUT2D eigenvalue weighted by atomic mass is 9.62. The Morgan fingerprint density at radius 1 is 1.33 bits per heavy atom. The van der Waals surface area contributed by atoms with Crippen LogP contribution in [0.1, 0.15) is 30.9 Å². The van der Waals surface area contributed by atoms with Gasteiger partial charge in [0.1, 0.15) is 0 Å². The van der Waals surface area contributed by atoms with E-state index in [0.717, 1.165) is 6.54 Å². The van der Waals surface area contributed by atoms with Crippen LogP contribution in [0, 0.1) is 5.41 Å². The highest BCUT2D eigenvalue weighted by molar-refractivity contribution is 5.85. The zero-order valence-corrected chi connectivity index (χ0v) is 10.2. The molecule has 2 N–H and O–H groups in total. The van der Waals surface area contributed by atoms with Gasteiger partial charge < -0.3 is 5.32 Å². The van der Waals surface area contributed by atoms with Crippen molar-refractivity contribution in [3.05, 3.63) is 18.0 Å². The summed E-state index contributed by atoms with van der Waals surface area (Å²) in [4.78, 5) is 0. The Morgan fingerprint density at radius 3 is 2.67 bits per heavy atom. The Hall–Kier alpha value is -0.250. The van der Waals surface area contributed by atoms with Crippen LogP contribution in [0.4, 0.5) is 0 Å². The number of H-pyrrole nitrogens is 1. The van der Waals surface area contributed by atoms with Crippen LogP contribution in [-0.4, -0.2) is 23.3 Å². The third-order valence-electron chi connectivity index (χ3n) is 3.81. The van der Waals surface area contributed by atoms with Gasteiger partial charge in [-0.1, -0.05) is 6.42 Å². The molecule has 1 spiro atoms. The molecule has 0 radical (unpaired) electrons. The number of rotatable bonds is 1. The predicted octanol–water partition coefficient (Wildman–Crippen LogP) is 2.11. The van der Waals surface area contributed by atoms with Crippen molar-refractivity contribution in [2.45, 2.75) is 25.2 Å². The highest BCUT2D eigenvalue weighted by Crippen LogP contribution is 2.52. The standard InChI is InChI=1S/C10H15N3.2ClH/c1-3-10(4-1)7-11-6-8(10)9-2-5-12-13-9;;/h2,5,8,11H,1,3-4,6-7H2,(H,12,13);2*1H. The molecule has 2 aliphatic rings. The molecule has 0 amide bonds. The van der Waals surface area contributed by atoms with Crippen LogP contribution in [0.3, 0.4) is 0 Å². The number of aromatic nitrogens is 2. The summed E-state index contributed by atoms with van der Waals surface area (Å²) < 4.78 is 0. The number of halogens is 2. The van der Waals surface area contributed by atoms with Crippen LogP contribution in [0.15, 0.2) is 12.3 Å². The number of hydrogen-bond acceptors (Lipinski definition) is 2. The van der Waals surface area contributed by atoms with E-state index in [0.29, 0.717) is 11.3 Å². The van der Waals surface area contributed by atoms with E-state index in [1.165, 1.54) is 31.5 Å². The summed E-state index contributed by atoms with van der Waals surface area (Å²) >= 11 is 0. The largest absolute Gasteiger partial charge is 0.315 e. The summed E-state index contributed by atoms with van der Waals surface area (Å²) in [5, 5.41) is 10.7. The molecule has 3 rings (SSSR count). The van der Waals surface area contributed by atoms with E-state index in [1.807, 2.05) is 6.20 Å². The summed E-state index contributed by atoms with van der Waals surface area (Å²) in [5.41, 5.74) is 1.90. The van der Waals surface area contributed by atoms with Gasteiger partial charge in [0, 0.05) is 30.9 Å². The molecule has 86 valence electrons. The van der Waals surface area contributed by atoms with E-state index in [1.54, 1.807) is 0 Å². The second kappa shape index (κ2) is 4.73. The molecule has 15 heavy (non-hydrogen) atoms. The van der Waals surface area contributed by atoms with Crippen LogP contribution < -0.4 is 5.32 Å². The van der Waals surface area contributed by atoms with Crippen molar-refractivity contribution in [3.8, 4) is 0 Å². The molecule has 1 aromatic heterocycles. The minimum atomic E-state index is 0. The Balaban J connectivity index is 0.000000562. The Morgan fingerprint density at radius 2 is 2.13 bits per heavy atom. The first-order valence-corrected chi connectivity index (χ1v) is 5.11. The minimum absolute atomic E-state index is 0. The van der Waals surface area contributed by atoms with Gasteiger partial charge in [-0.15, -0.1) is 24.8 Å². The first-order valence-electron chi connectivity index (χ1n) is 5.11. The monoisotopic (exact) mass is 249 g/mol. The summed E-state index contributed by atoms with van der Waals surface area (Å²) in [5.74, 6) is 0.684. The van der Waals surface area contributed by atoms with Crippen LogP contribution in [0.25, 0.3) is 0 Å². The van der Waals surface area contributed by atoms with Crippen molar-refractivity contribution in [2.75, 3.05) is 13.1 Å². The minimum Gasteiger partial charge on any atom is -0.315 e. The van der Waals surface area contributed by atoms with Crippen molar-refractivity contribution in [1.82, 2.24) is 15.5 Å². The van der Waals surface area contributed by atoms with Crippen LogP contribution in [-0.2, 0) is 0 Å². The van der Waals surface area contributed by atoms with E-state index >= 15 is 0 Å². The zero-order chi connectivity index (χ0) is 8.73. The number of aromatic amines is 1. The normalized spacial score (nSPS) is 26.5. The number of nitrogens with zero attached hydrogens (tertiary/aromatic N) is 1. The average molecular weight is 250 g/mol. The first kappa shape index (κ1) is 12.8. The van der Waals surface area contributed by atoms with Gasteiger partial charge in [-0.25, -0.2) is 0 Å². The molecule has 5 heteroatoms. The fourth-order valence-electron chi connectivity index (χ4n) is 2.86. The molecule has 1 unspecified atom stereocenters. The SMILES string of the molecule is Cl.Cl.c1cc(C2CNCC23CCC3)[nH]n1. The summed E-state index contributed by atoms with van der Waals surface area (Å²) in [7, 11) is 0. The maximum Gasteiger partial charge on any atom is 0.0490 e. The second-order valence-electron chi connectivity index (χ2n) is 4.41. The fourth-order valence-corrected chi connectivity index (χ4v) is 2.86. The van der Waals surface area contributed by atoms with Gasteiger partial charge in [-0.3, -0.25) is 5.10 Å². The summed E-state index contributed by atoms with van der Waals surface area (Å²) in [6.45, 7) is 2.33. The second-order valence-corrected chi connectivity index (χ2v) is 4.41. The van der Waals surface area contributed by atoms with Crippen LogP contribution in [0.5, 0.6) is 0 Å². The molecule has 0 bridgehead atoms. The maximum absolute atomic E-state index is 4.04. The highest BCUT2D eigenvalue weighted by Gasteiger charge is 2.48. The van der Waals surface area contributed by atoms with E-state index in [-0.39, 0.29) is 24.8 Å². The van der Waals surface area contributed by atoms with Gasteiger partial charge in [0.15, 0.2) is 0 Å². The lowest BCUT2D eigenvalue weighted by molar-refractivity contribution is 0.135. The van der Waals surface area contributed by atoms with Crippen molar-refractivity contribution in [3.63, 3.8) is 0 Å². The van der Waals surface area contributed by atoms with Crippen molar-refractivity contribution in [1.29, 1.82) is 0 Å². The lowest BCUT2D eigenvalue weighted by Crippen LogP contribution is -2.36. The quantitative estimate of drug-likeness (QED) is 0.801. The zero-order valence-electron chi connectivity index (χ0n) is 8.53. The number of nitrogens with one attached hydrogen (secondary N) is 2. The lowest BCUT2D eigenvalue weighted by Gasteiger charge is -2.42. The molecule has 1 aromatic rings. The van der Waals surface area contributed by atoms with Crippen LogP contribution in [0.2, 0.25) is 0 Å². The van der Waals surface area contributed by atoms with Crippen LogP contribution >= 0.6 is 24.8 Å². The molecular formula is C10H17Cl2N3. The molecule has 1 aliphatic carbocycles. The van der Waals surface area contributed by atoms with Gasteiger partial charge >= 0.3 is 0 Å². The molecule has 1 saturated carbocycles. The Labute approximate surface area is 102 Å². The molecular weight excluding hydrogens is 233 g/mol. The highest BCUT2D eigenvalue weighted by atomic mass is 35.5. The van der Waals surface area contributed by atoms with E-state index in [2.05, 4.69) is 21.6 Å². The van der Waals surface area contributed by atoms with Gasteiger partial charge in [-0.2, -0.15) is 5.10 Å². The summed E-state index contributed by atoms with van der Waals surface area (Å²) in [6, 6.07) is 2.12. The van der Waals surface area contributed by atoms with Gasteiger partial charge in [0.25, 0.3) is 0 Å². The molecule has 1 saturated heterocycles. The van der Waals surface area contributed by atoms with Crippen molar-refractivity contribution < 1.29 is 0 Å². The van der Waals surface area contributed by atoms with E-state index in [9.17, 15) is 0 Å². The third-order valence-corrected chi connectivity index (χ3v) is 3.81. The van der Waals surface area contributed by atoms with E-state index in [4.69, 9.17) is 0 Å². The van der Waals surface area contributed by atoms with Crippen molar-refractivity contribution >= 4 is 24.8 Å². The first-order chi connectivity index (χ1) is 6.41. The molecule has 2 fully saturated rings. The smallest absolute Gasteiger partial charge is 0.0490 e. The van der Waals surface area contributed by atoms with Gasteiger partial charge in [-0.05, 0) is 24.3 Å².